The first kappa shape index (κ1) is 30.5. The molecule has 3 aromatic rings. The lowest BCUT2D eigenvalue weighted by Crippen LogP contribution is -2.58. The Labute approximate surface area is 255 Å². The second-order valence-corrected chi connectivity index (χ2v) is 12.8. The van der Waals surface area contributed by atoms with Crippen molar-refractivity contribution in [3.63, 3.8) is 0 Å². The molecule has 2 aromatic carbocycles. The molecule has 1 amide bonds. The van der Waals surface area contributed by atoms with Crippen LogP contribution in [-0.4, -0.2) is 89.5 Å². The molecular weight excluding hydrogens is 577 g/mol. The first-order valence-electron chi connectivity index (χ1n) is 14.1. The summed E-state index contributed by atoms with van der Waals surface area (Å²) >= 11 is 7.87. The van der Waals surface area contributed by atoms with Gasteiger partial charge < -0.3 is 19.4 Å². The standard InChI is InChI=1S/C31H37ClFN5O3S/c1-7-26(39)38-19(3)14-36(15-20(38)4)30-23-12-18(2)27(21-8-9-25(33)24(32)13-21)29-28(23)37(31(40)34-30)16-22(17-42-29)41-11-10-35(5)6/h7-9,12-13,19-20,22H,1,10-11,14-17H2,2-6H3/t19-,20?,22?/m0/s1. The minimum atomic E-state index is -0.479. The van der Waals surface area contributed by atoms with Gasteiger partial charge in [-0.15, -0.1) is 11.8 Å². The number of benzene rings is 2. The van der Waals surface area contributed by atoms with Crippen LogP contribution in [0.3, 0.4) is 0 Å². The van der Waals surface area contributed by atoms with Gasteiger partial charge in [0.25, 0.3) is 0 Å². The topological polar surface area (TPSA) is 70.9 Å². The van der Waals surface area contributed by atoms with E-state index < -0.39 is 5.82 Å². The summed E-state index contributed by atoms with van der Waals surface area (Å²) in [6.07, 6.45) is 1.15. The van der Waals surface area contributed by atoms with Gasteiger partial charge in [0.15, 0.2) is 0 Å². The fourth-order valence-electron chi connectivity index (χ4n) is 6.05. The summed E-state index contributed by atoms with van der Waals surface area (Å²) in [4.78, 5) is 37.9. The van der Waals surface area contributed by atoms with Crippen LogP contribution in [-0.2, 0) is 16.1 Å². The second kappa shape index (κ2) is 12.4. The zero-order chi connectivity index (χ0) is 30.3. The molecule has 224 valence electrons. The quantitative estimate of drug-likeness (QED) is 0.354. The summed E-state index contributed by atoms with van der Waals surface area (Å²) in [6.45, 7) is 12.4. The van der Waals surface area contributed by atoms with Crippen LogP contribution in [0.2, 0.25) is 5.02 Å². The van der Waals surface area contributed by atoms with Crippen LogP contribution in [0.15, 0.2) is 46.6 Å². The Morgan fingerprint density at radius 3 is 2.60 bits per heavy atom. The Hall–Kier alpha value is -2.92. The van der Waals surface area contributed by atoms with Gasteiger partial charge in [-0.3, -0.25) is 9.36 Å². The molecule has 0 spiro atoms. The number of aryl methyl sites for hydroxylation is 1. The zero-order valence-corrected chi connectivity index (χ0v) is 26.3. The van der Waals surface area contributed by atoms with Gasteiger partial charge in [-0.25, -0.2) is 9.18 Å². The first-order valence-corrected chi connectivity index (χ1v) is 15.5. The number of hydrogen-bond donors (Lipinski definition) is 0. The number of carbonyl (C=O) groups excluding carboxylic acids is 1. The molecule has 11 heteroatoms. The number of halogens is 2. The third-order valence-electron chi connectivity index (χ3n) is 7.94. The summed E-state index contributed by atoms with van der Waals surface area (Å²) in [6, 6.07) is 6.61. The molecule has 2 aliphatic heterocycles. The maximum absolute atomic E-state index is 14.1. The summed E-state index contributed by atoms with van der Waals surface area (Å²) in [5.74, 6) is 0.663. The van der Waals surface area contributed by atoms with Crippen molar-refractivity contribution in [3.8, 4) is 11.1 Å². The van der Waals surface area contributed by atoms with Crippen LogP contribution in [0, 0.1) is 12.7 Å². The van der Waals surface area contributed by atoms with Gasteiger partial charge in [-0.1, -0.05) is 24.2 Å². The highest BCUT2D eigenvalue weighted by Crippen LogP contribution is 2.44. The third-order valence-corrected chi connectivity index (χ3v) is 9.46. The summed E-state index contributed by atoms with van der Waals surface area (Å²) in [7, 11) is 3.99. The van der Waals surface area contributed by atoms with Crippen molar-refractivity contribution >= 4 is 46.0 Å². The number of hydrogen-bond acceptors (Lipinski definition) is 7. The molecular formula is C31H37ClFN5O3S. The maximum Gasteiger partial charge on any atom is 0.350 e. The molecule has 3 heterocycles. The Balaban J connectivity index is 1.67. The molecule has 1 saturated heterocycles. The number of rotatable bonds is 7. The van der Waals surface area contributed by atoms with Crippen molar-refractivity contribution in [1.29, 1.82) is 0 Å². The Morgan fingerprint density at radius 1 is 1.24 bits per heavy atom. The molecule has 0 radical (unpaired) electrons. The van der Waals surface area contributed by atoms with Crippen LogP contribution < -0.4 is 10.6 Å². The molecule has 1 fully saturated rings. The smallest absolute Gasteiger partial charge is 0.350 e. The van der Waals surface area contributed by atoms with Gasteiger partial charge in [-0.05, 0) is 70.3 Å². The predicted octanol–water partition coefficient (Wildman–Crippen LogP) is 4.83. The van der Waals surface area contributed by atoms with Crippen molar-refractivity contribution in [3.05, 3.63) is 63.8 Å². The molecule has 0 bridgehead atoms. The van der Waals surface area contributed by atoms with E-state index in [1.807, 2.05) is 39.8 Å². The van der Waals surface area contributed by atoms with E-state index in [0.717, 1.165) is 39.0 Å². The van der Waals surface area contributed by atoms with Crippen LogP contribution in [0.1, 0.15) is 19.4 Å². The van der Waals surface area contributed by atoms with E-state index in [-0.39, 0.29) is 34.8 Å². The van der Waals surface area contributed by atoms with Gasteiger partial charge in [0, 0.05) is 53.3 Å². The SMILES string of the molecule is C=CC(=O)N1C(C)CN(c2nc(=O)n3c4c(c(-c5ccc(F)c(Cl)c5)c(C)cc24)SCC(OCCN(C)C)C3)C[C@@H]1C. The highest BCUT2D eigenvalue weighted by Gasteiger charge is 2.34. The number of anilines is 1. The summed E-state index contributed by atoms with van der Waals surface area (Å²) in [5.41, 5.74) is 3.11. The molecule has 0 aliphatic carbocycles. The van der Waals surface area contributed by atoms with Crippen molar-refractivity contribution in [2.45, 2.75) is 50.4 Å². The number of carbonyl (C=O) groups is 1. The summed E-state index contributed by atoms with van der Waals surface area (Å²) in [5, 5.41) is 0.911. The third kappa shape index (κ3) is 5.82. The molecule has 42 heavy (non-hydrogen) atoms. The lowest BCUT2D eigenvalue weighted by atomic mass is 9.97. The molecule has 5 rings (SSSR count). The van der Waals surface area contributed by atoms with Gasteiger partial charge in [0.2, 0.25) is 5.91 Å². The van der Waals surface area contributed by atoms with E-state index in [9.17, 15) is 14.0 Å². The number of ether oxygens (including phenoxy) is 1. The van der Waals surface area contributed by atoms with Crippen LogP contribution in [0.25, 0.3) is 22.0 Å². The zero-order valence-electron chi connectivity index (χ0n) is 24.7. The lowest BCUT2D eigenvalue weighted by Gasteiger charge is -2.44. The Morgan fingerprint density at radius 2 is 1.95 bits per heavy atom. The number of amides is 1. The fourth-order valence-corrected chi connectivity index (χ4v) is 7.57. The fraction of sp³-hybridized carbons (Fsp3) is 0.452. The van der Waals surface area contributed by atoms with E-state index >= 15 is 0 Å². The van der Waals surface area contributed by atoms with Gasteiger partial charge in [0.05, 0.1) is 29.8 Å². The Bertz CT molecular complexity index is 1580. The molecule has 0 saturated carbocycles. The average molecular weight is 614 g/mol. The largest absolute Gasteiger partial charge is 0.374 e. The Kier molecular flexibility index (Phi) is 8.99. The number of piperazine rings is 1. The minimum Gasteiger partial charge on any atom is -0.374 e. The van der Waals surface area contributed by atoms with E-state index in [2.05, 4.69) is 27.4 Å². The number of nitrogens with zero attached hydrogens (tertiary/aromatic N) is 5. The molecule has 1 aromatic heterocycles. The molecule has 2 aliphatic rings. The van der Waals surface area contributed by atoms with Crippen molar-refractivity contribution in [2.75, 3.05) is 51.0 Å². The van der Waals surface area contributed by atoms with E-state index in [4.69, 9.17) is 16.3 Å². The number of likely N-dealkylation sites (N-methyl/N-ethyl adjacent to an activating group) is 1. The predicted molar refractivity (Wildman–Crippen MR) is 168 cm³/mol. The van der Waals surface area contributed by atoms with Gasteiger partial charge in [0.1, 0.15) is 11.6 Å². The number of aromatic nitrogens is 2. The van der Waals surface area contributed by atoms with Crippen LogP contribution in [0.5, 0.6) is 0 Å². The molecule has 8 nitrogen and oxygen atoms in total. The highest BCUT2D eigenvalue weighted by molar-refractivity contribution is 7.99. The van der Waals surface area contributed by atoms with E-state index in [0.29, 0.717) is 37.8 Å². The first-order chi connectivity index (χ1) is 20.0. The number of thioether (sulfide) groups is 1. The maximum atomic E-state index is 14.1. The molecule has 0 N–H and O–H groups in total. The molecule has 3 atom stereocenters. The highest BCUT2D eigenvalue weighted by atomic mass is 35.5. The van der Waals surface area contributed by atoms with Crippen molar-refractivity contribution in [2.24, 2.45) is 0 Å². The average Bonchev–Trinajstić information content (AvgIpc) is 3.12. The summed E-state index contributed by atoms with van der Waals surface area (Å²) < 4.78 is 22.1. The van der Waals surface area contributed by atoms with Crippen molar-refractivity contribution in [1.82, 2.24) is 19.4 Å². The van der Waals surface area contributed by atoms with Crippen LogP contribution >= 0.6 is 23.4 Å². The monoisotopic (exact) mass is 613 g/mol. The van der Waals surface area contributed by atoms with Gasteiger partial charge >= 0.3 is 5.69 Å². The van der Waals surface area contributed by atoms with E-state index in [1.165, 1.54) is 12.1 Å². The van der Waals surface area contributed by atoms with E-state index in [1.54, 1.807) is 28.5 Å². The normalized spacial score (nSPS) is 20.7. The van der Waals surface area contributed by atoms with Crippen LogP contribution in [0.4, 0.5) is 10.2 Å². The molecule has 2 unspecified atom stereocenters. The van der Waals surface area contributed by atoms with Crippen molar-refractivity contribution < 1.29 is 13.9 Å². The second-order valence-electron chi connectivity index (χ2n) is 11.4. The van der Waals surface area contributed by atoms with Gasteiger partial charge in [-0.2, -0.15) is 4.98 Å². The lowest BCUT2D eigenvalue weighted by molar-refractivity contribution is -0.130. The minimum absolute atomic E-state index is 0.0467.